The number of benzene rings is 2. The Morgan fingerprint density at radius 1 is 1.12 bits per heavy atom. The summed E-state index contributed by atoms with van der Waals surface area (Å²) in [4.78, 5) is 29.1. The standard InChI is InChI=1S/C21H24N2O3/c1-14-5-6-15(2)19(11-14)21(25)22-13-20(24)23(12-16(22)3)17-7-9-18(26-4)10-8-17/h5-11,16H,12-13H2,1-4H3/t16-/m0/s1. The first-order valence-electron chi connectivity index (χ1n) is 8.73. The number of aryl methyl sites for hydroxylation is 2. The van der Waals surface area contributed by atoms with Gasteiger partial charge in [0.1, 0.15) is 12.3 Å². The van der Waals surface area contributed by atoms with Crippen LogP contribution in [-0.2, 0) is 4.79 Å². The fourth-order valence-corrected chi connectivity index (χ4v) is 3.26. The van der Waals surface area contributed by atoms with Crippen LogP contribution >= 0.6 is 0 Å². The number of piperazine rings is 1. The van der Waals surface area contributed by atoms with E-state index in [1.807, 2.05) is 63.2 Å². The van der Waals surface area contributed by atoms with Crippen molar-refractivity contribution in [2.45, 2.75) is 26.8 Å². The zero-order valence-corrected chi connectivity index (χ0v) is 15.7. The molecule has 0 radical (unpaired) electrons. The number of hydrogen-bond acceptors (Lipinski definition) is 3. The van der Waals surface area contributed by atoms with Gasteiger partial charge in [-0.2, -0.15) is 0 Å². The van der Waals surface area contributed by atoms with Crippen LogP contribution in [0, 0.1) is 13.8 Å². The summed E-state index contributed by atoms with van der Waals surface area (Å²) < 4.78 is 5.17. The van der Waals surface area contributed by atoms with Crippen molar-refractivity contribution < 1.29 is 14.3 Å². The lowest BCUT2D eigenvalue weighted by atomic mass is 10.0. The van der Waals surface area contributed by atoms with Crippen molar-refractivity contribution in [3.8, 4) is 5.75 Å². The Morgan fingerprint density at radius 3 is 2.46 bits per heavy atom. The topological polar surface area (TPSA) is 49.9 Å². The van der Waals surface area contributed by atoms with Gasteiger partial charge in [0.2, 0.25) is 5.91 Å². The van der Waals surface area contributed by atoms with E-state index in [9.17, 15) is 9.59 Å². The van der Waals surface area contributed by atoms with Gasteiger partial charge in [0, 0.05) is 23.8 Å². The molecule has 0 unspecified atom stereocenters. The molecular weight excluding hydrogens is 328 g/mol. The molecule has 1 saturated heterocycles. The van der Waals surface area contributed by atoms with Gasteiger partial charge >= 0.3 is 0 Å². The molecule has 1 fully saturated rings. The number of rotatable bonds is 3. The van der Waals surface area contributed by atoms with E-state index in [0.29, 0.717) is 12.1 Å². The number of anilines is 1. The zero-order valence-electron chi connectivity index (χ0n) is 15.7. The van der Waals surface area contributed by atoms with Crippen LogP contribution in [0.25, 0.3) is 0 Å². The Balaban J connectivity index is 1.80. The highest BCUT2D eigenvalue weighted by Gasteiger charge is 2.34. The minimum atomic E-state index is -0.0820. The second-order valence-electron chi connectivity index (χ2n) is 6.80. The molecule has 3 rings (SSSR count). The summed E-state index contributed by atoms with van der Waals surface area (Å²) >= 11 is 0. The van der Waals surface area contributed by atoms with Crippen LogP contribution in [0.3, 0.4) is 0 Å². The molecule has 2 amide bonds. The van der Waals surface area contributed by atoms with E-state index in [2.05, 4.69) is 0 Å². The number of methoxy groups -OCH3 is 1. The van der Waals surface area contributed by atoms with E-state index in [-0.39, 0.29) is 24.4 Å². The number of carbonyl (C=O) groups excluding carboxylic acids is 2. The second-order valence-corrected chi connectivity index (χ2v) is 6.80. The summed E-state index contributed by atoms with van der Waals surface area (Å²) in [5.41, 5.74) is 3.46. The Bertz CT molecular complexity index is 830. The first-order valence-corrected chi connectivity index (χ1v) is 8.73. The van der Waals surface area contributed by atoms with Crippen LogP contribution in [0.4, 0.5) is 5.69 Å². The van der Waals surface area contributed by atoms with Gasteiger partial charge in [0.25, 0.3) is 5.91 Å². The Hall–Kier alpha value is -2.82. The molecule has 1 aliphatic heterocycles. The Labute approximate surface area is 154 Å². The molecule has 0 N–H and O–H groups in total. The van der Waals surface area contributed by atoms with Crippen LogP contribution in [0.5, 0.6) is 5.75 Å². The third-order valence-electron chi connectivity index (χ3n) is 4.85. The summed E-state index contributed by atoms with van der Waals surface area (Å²) in [6, 6.07) is 13.2. The molecule has 0 bridgehead atoms. The van der Waals surface area contributed by atoms with Crippen molar-refractivity contribution >= 4 is 17.5 Å². The molecule has 1 atom stereocenters. The van der Waals surface area contributed by atoms with Crippen molar-refractivity contribution in [3.05, 3.63) is 59.2 Å². The van der Waals surface area contributed by atoms with Gasteiger partial charge in [0.05, 0.1) is 7.11 Å². The number of amides is 2. The van der Waals surface area contributed by atoms with Crippen molar-refractivity contribution in [1.29, 1.82) is 0 Å². The lowest BCUT2D eigenvalue weighted by molar-refractivity contribution is -0.121. The number of hydrogen-bond donors (Lipinski definition) is 0. The van der Waals surface area contributed by atoms with Crippen LogP contribution in [0.2, 0.25) is 0 Å². The second kappa shape index (κ2) is 7.20. The minimum absolute atomic E-state index is 0.0674. The van der Waals surface area contributed by atoms with E-state index in [0.717, 1.165) is 22.6 Å². The lowest BCUT2D eigenvalue weighted by Gasteiger charge is -2.39. The normalized spacial score (nSPS) is 17.4. The highest BCUT2D eigenvalue weighted by atomic mass is 16.5. The van der Waals surface area contributed by atoms with Crippen LogP contribution < -0.4 is 9.64 Å². The highest BCUT2D eigenvalue weighted by Crippen LogP contribution is 2.24. The van der Waals surface area contributed by atoms with Gasteiger partial charge in [-0.25, -0.2) is 0 Å². The fraction of sp³-hybridized carbons (Fsp3) is 0.333. The molecule has 0 aromatic heterocycles. The maximum absolute atomic E-state index is 13.0. The molecule has 1 aliphatic rings. The van der Waals surface area contributed by atoms with Crippen molar-refractivity contribution in [3.63, 3.8) is 0 Å². The third kappa shape index (κ3) is 3.43. The highest BCUT2D eigenvalue weighted by molar-refractivity contribution is 6.02. The molecule has 5 nitrogen and oxygen atoms in total. The van der Waals surface area contributed by atoms with Crippen molar-refractivity contribution in [2.75, 3.05) is 25.1 Å². The van der Waals surface area contributed by atoms with Crippen LogP contribution in [-0.4, -0.2) is 43.0 Å². The first kappa shape index (κ1) is 18.0. The molecule has 26 heavy (non-hydrogen) atoms. The SMILES string of the molecule is COc1ccc(N2C[C@H](C)N(C(=O)c3cc(C)ccc3C)CC2=O)cc1. The quantitative estimate of drug-likeness (QED) is 0.852. The number of nitrogens with zero attached hydrogens (tertiary/aromatic N) is 2. The Kier molecular flexibility index (Phi) is 4.98. The predicted molar refractivity (Wildman–Crippen MR) is 102 cm³/mol. The summed E-state index contributed by atoms with van der Waals surface area (Å²) in [5.74, 6) is 0.589. The summed E-state index contributed by atoms with van der Waals surface area (Å²) in [7, 11) is 1.61. The average Bonchev–Trinajstić information content (AvgIpc) is 2.65. The summed E-state index contributed by atoms with van der Waals surface area (Å²) in [5, 5.41) is 0. The van der Waals surface area contributed by atoms with Gasteiger partial charge in [0.15, 0.2) is 0 Å². The number of carbonyl (C=O) groups is 2. The van der Waals surface area contributed by atoms with Gasteiger partial charge in [-0.15, -0.1) is 0 Å². The monoisotopic (exact) mass is 352 g/mol. The maximum atomic E-state index is 13.0. The third-order valence-corrected chi connectivity index (χ3v) is 4.85. The van der Waals surface area contributed by atoms with Crippen LogP contribution in [0.1, 0.15) is 28.4 Å². The first-order chi connectivity index (χ1) is 12.4. The molecular formula is C21H24N2O3. The number of ether oxygens (including phenoxy) is 1. The summed E-state index contributed by atoms with van der Waals surface area (Å²) in [6.07, 6.45) is 0. The Morgan fingerprint density at radius 2 is 1.81 bits per heavy atom. The van der Waals surface area contributed by atoms with Gasteiger partial charge in [-0.1, -0.05) is 17.7 Å². The van der Waals surface area contributed by atoms with Crippen molar-refractivity contribution in [2.24, 2.45) is 0 Å². The average molecular weight is 352 g/mol. The predicted octanol–water partition coefficient (Wildman–Crippen LogP) is 3.19. The van der Waals surface area contributed by atoms with E-state index in [4.69, 9.17) is 4.74 Å². The van der Waals surface area contributed by atoms with E-state index in [1.165, 1.54) is 0 Å². The molecule has 5 heteroatoms. The molecule has 0 aliphatic carbocycles. The molecule has 0 saturated carbocycles. The smallest absolute Gasteiger partial charge is 0.254 e. The van der Waals surface area contributed by atoms with Crippen LogP contribution in [0.15, 0.2) is 42.5 Å². The molecule has 2 aromatic rings. The molecule has 0 spiro atoms. The van der Waals surface area contributed by atoms with E-state index in [1.54, 1.807) is 16.9 Å². The van der Waals surface area contributed by atoms with E-state index >= 15 is 0 Å². The van der Waals surface area contributed by atoms with E-state index < -0.39 is 0 Å². The molecule has 2 aromatic carbocycles. The maximum Gasteiger partial charge on any atom is 0.254 e. The van der Waals surface area contributed by atoms with Gasteiger partial charge in [-0.05, 0) is 56.7 Å². The molecule has 136 valence electrons. The lowest BCUT2D eigenvalue weighted by Crippen LogP contribution is -2.57. The van der Waals surface area contributed by atoms with Gasteiger partial charge < -0.3 is 14.5 Å². The van der Waals surface area contributed by atoms with Crippen molar-refractivity contribution in [1.82, 2.24) is 4.90 Å². The largest absolute Gasteiger partial charge is 0.497 e. The van der Waals surface area contributed by atoms with Gasteiger partial charge in [-0.3, -0.25) is 9.59 Å². The summed E-state index contributed by atoms with van der Waals surface area (Å²) in [6.45, 7) is 6.42. The fourth-order valence-electron chi connectivity index (χ4n) is 3.26. The molecule has 1 heterocycles. The minimum Gasteiger partial charge on any atom is -0.497 e. The zero-order chi connectivity index (χ0) is 18.8.